The van der Waals surface area contributed by atoms with Gasteiger partial charge in [-0.05, 0) is 49.2 Å². The summed E-state index contributed by atoms with van der Waals surface area (Å²) in [5, 5.41) is 21.9. The summed E-state index contributed by atoms with van der Waals surface area (Å²) in [6.07, 6.45) is 0.157. The molecule has 0 saturated carbocycles. The SMILES string of the molecule is CC1CN(C(N)=O)CCN1c1cccc(Nc2ccc(C(=O)O)c(CCO)c2N)c1. The predicted molar refractivity (Wildman–Crippen MR) is 116 cm³/mol. The highest BCUT2D eigenvalue weighted by molar-refractivity contribution is 5.94. The van der Waals surface area contributed by atoms with Crippen molar-refractivity contribution in [3.63, 3.8) is 0 Å². The molecule has 0 radical (unpaired) electrons. The minimum Gasteiger partial charge on any atom is -0.478 e. The molecule has 2 aromatic rings. The summed E-state index contributed by atoms with van der Waals surface area (Å²) >= 11 is 0. The second kappa shape index (κ2) is 8.91. The van der Waals surface area contributed by atoms with Crippen LogP contribution in [0.5, 0.6) is 0 Å². The Labute approximate surface area is 174 Å². The maximum atomic E-state index is 11.4. The van der Waals surface area contributed by atoms with E-state index >= 15 is 0 Å². The number of aliphatic hydroxyl groups is 1. The number of nitrogens with two attached hydrogens (primary N) is 2. The van der Waals surface area contributed by atoms with Crippen molar-refractivity contribution >= 4 is 34.7 Å². The fourth-order valence-corrected chi connectivity index (χ4v) is 3.81. The van der Waals surface area contributed by atoms with Crippen LogP contribution < -0.4 is 21.7 Å². The molecule has 160 valence electrons. The molecule has 9 heteroatoms. The molecule has 1 aliphatic rings. The minimum atomic E-state index is -1.08. The number of hydrogen-bond acceptors (Lipinski definition) is 6. The average Bonchev–Trinajstić information content (AvgIpc) is 2.71. The first-order chi connectivity index (χ1) is 14.3. The maximum Gasteiger partial charge on any atom is 0.336 e. The number of carboxylic acids is 1. The Bertz CT molecular complexity index is 949. The quantitative estimate of drug-likeness (QED) is 0.454. The van der Waals surface area contributed by atoms with E-state index in [1.807, 2.05) is 31.2 Å². The number of urea groups is 1. The first-order valence-corrected chi connectivity index (χ1v) is 9.75. The van der Waals surface area contributed by atoms with Gasteiger partial charge in [-0.25, -0.2) is 9.59 Å². The number of nitrogen functional groups attached to an aromatic ring is 1. The number of amides is 2. The number of carboxylic acid groups (broad SMARTS) is 1. The normalized spacial score (nSPS) is 16.4. The van der Waals surface area contributed by atoms with Gasteiger partial charge in [-0.15, -0.1) is 0 Å². The highest BCUT2D eigenvalue weighted by atomic mass is 16.4. The van der Waals surface area contributed by atoms with Gasteiger partial charge in [-0.1, -0.05) is 6.07 Å². The van der Waals surface area contributed by atoms with Crippen molar-refractivity contribution in [1.29, 1.82) is 0 Å². The second-order valence-corrected chi connectivity index (χ2v) is 7.33. The number of rotatable bonds is 6. The molecule has 0 aromatic heterocycles. The Balaban J connectivity index is 1.83. The zero-order chi connectivity index (χ0) is 21.8. The van der Waals surface area contributed by atoms with Crippen LogP contribution >= 0.6 is 0 Å². The number of carbonyl (C=O) groups excluding carboxylic acids is 1. The fourth-order valence-electron chi connectivity index (χ4n) is 3.81. The molecule has 1 saturated heterocycles. The molecule has 1 fully saturated rings. The number of nitrogens with one attached hydrogen (secondary N) is 1. The standard InChI is InChI=1S/C21H27N5O4/c1-13-12-25(21(23)30)8-9-26(13)15-4-2-3-14(11-15)24-18-6-5-17(20(28)29)16(7-10-27)19(18)22/h2-6,11,13,24,27H,7-10,12,22H2,1H3,(H2,23,30)(H,28,29). The Hall–Kier alpha value is -3.46. The van der Waals surface area contributed by atoms with E-state index in [1.54, 1.807) is 11.0 Å². The molecule has 0 bridgehead atoms. The lowest BCUT2D eigenvalue weighted by atomic mass is 10.0. The van der Waals surface area contributed by atoms with Crippen LogP contribution in [0.15, 0.2) is 36.4 Å². The van der Waals surface area contributed by atoms with Crippen LogP contribution in [0.1, 0.15) is 22.8 Å². The number of nitrogens with zero attached hydrogens (tertiary/aromatic N) is 2. The Morgan fingerprint density at radius 1 is 1.23 bits per heavy atom. The van der Waals surface area contributed by atoms with E-state index in [1.165, 1.54) is 6.07 Å². The summed E-state index contributed by atoms with van der Waals surface area (Å²) in [5.74, 6) is -1.08. The van der Waals surface area contributed by atoms with Gasteiger partial charge in [0.15, 0.2) is 0 Å². The van der Waals surface area contributed by atoms with Crippen LogP contribution in [-0.4, -0.2) is 59.4 Å². The third-order valence-corrected chi connectivity index (χ3v) is 5.35. The van der Waals surface area contributed by atoms with E-state index < -0.39 is 12.0 Å². The molecule has 2 aromatic carbocycles. The van der Waals surface area contributed by atoms with Crippen molar-refractivity contribution < 1.29 is 19.8 Å². The fraction of sp³-hybridized carbons (Fsp3) is 0.333. The third-order valence-electron chi connectivity index (χ3n) is 5.35. The van der Waals surface area contributed by atoms with Gasteiger partial charge < -0.3 is 36.8 Å². The molecule has 0 spiro atoms. The van der Waals surface area contributed by atoms with E-state index in [0.29, 0.717) is 36.6 Å². The van der Waals surface area contributed by atoms with E-state index in [4.69, 9.17) is 11.5 Å². The topological polar surface area (TPSA) is 145 Å². The molecule has 0 aliphatic carbocycles. The Morgan fingerprint density at radius 2 is 2.00 bits per heavy atom. The van der Waals surface area contributed by atoms with Crippen LogP contribution in [0, 0.1) is 0 Å². The molecule has 1 heterocycles. The first kappa shape index (κ1) is 21.3. The molecule has 1 unspecified atom stereocenters. The van der Waals surface area contributed by atoms with Gasteiger partial charge in [0.25, 0.3) is 0 Å². The minimum absolute atomic E-state index is 0.0852. The van der Waals surface area contributed by atoms with E-state index in [2.05, 4.69) is 10.2 Å². The number of carbonyl (C=O) groups is 2. The van der Waals surface area contributed by atoms with Crippen LogP contribution in [0.3, 0.4) is 0 Å². The number of aromatic carboxylic acids is 1. The molecule has 9 nitrogen and oxygen atoms in total. The summed E-state index contributed by atoms with van der Waals surface area (Å²) in [6.45, 7) is 3.63. The zero-order valence-corrected chi connectivity index (χ0v) is 16.8. The molecule has 30 heavy (non-hydrogen) atoms. The summed E-state index contributed by atoms with van der Waals surface area (Å²) in [7, 11) is 0. The number of hydrogen-bond donors (Lipinski definition) is 5. The van der Waals surface area contributed by atoms with E-state index in [-0.39, 0.29) is 24.6 Å². The number of primary amides is 1. The largest absolute Gasteiger partial charge is 0.478 e. The zero-order valence-electron chi connectivity index (χ0n) is 16.8. The van der Waals surface area contributed by atoms with Gasteiger partial charge in [0.1, 0.15) is 0 Å². The molecule has 7 N–H and O–H groups in total. The van der Waals surface area contributed by atoms with Crippen molar-refractivity contribution in [1.82, 2.24) is 4.90 Å². The van der Waals surface area contributed by atoms with Gasteiger partial charge in [0.05, 0.1) is 16.9 Å². The van der Waals surface area contributed by atoms with E-state index in [0.717, 1.165) is 11.4 Å². The van der Waals surface area contributed by atoms with Gasteiger partial charge in [-0.3, -0.25) is 0 Å². The average molecular weight is 413 g/mol. The smallest absolute Gasteiger partial charge is 0.336 e. The van der Waals surface area contributed by atoms with Crippen molar-refractivity contribution in [3.05, 3.63) is 47.5 Å². The second-order valence-electron chi connectivity index (χ2n) is 7.33. The Morgan fingerprint density at radius 3 is 2.63 bits per heavy atom. The third kappa shape index (κ3) is 4.41. The van der Waals surface area contributed by atoms with Gasteiger partial charge >= 0.3 is 12.0 Å². The molecule has 1 aliphatic heterocycles. The number of piperazine rings is 1. The highest BCUT2D eigenvalue weighted by Crippen LogP contribution is 2.31. The van der Waals surface area contributed by atoms with Crippen LogP contribution in [0.4, 0.5) is 27.5 Å². The molecule has 1 atom stereocenters. The monoisotopic (exact) mass is 413 g/mol. The van der Waals surface area contributed by atoms with Gasteiger partial charge in [0, 0.05) is 43.7 Å². The predicted octanol–water partition coefficient (Wildman–Crippen LogP) is 1.83. The summed E-state index contributed by atoms with van der Waals surface area (Å²) in [6, 6.07) is 10.6. The number of aliphatic hydroxyl groups excluding tert-OH is 1. The first-order valence-electron chi connectivity index (χ1n) is 9.75. The van der Waals surface area contributed by atoms with E-state index in [9.17, 15) is 19.8 Å². The molecular weight excluding hydrogens is 386 g/mol. The molecule has 3 rings (SSSR count). The van der Waals surface area contributed by atoms with Crippen LogP contribution in [-0.2, 0) is 6.42 Å². The lowest BCUT2D eigenvalue weighted by Gasteiger charge is -2.40. The van der Waals surface area contributed by atoms with Crippen molar-refractivity contribution in [2.45, 2.75) is 19.4 Å². The van der Waals surface area contributed by atoms with Gasteiger partial charge in [-0.2, -0.15) is 0 Å². The number of anilines is 4. The lowest BCUT2D eigenvalue weighted by molar-refractivity contribution is 0.0695. The van der Waals surface area contributed by atoms with Crippen molar-refractivity contribution in [2.75, 3.05) is 42.2 Å². The summed E-state index contributed by atoms with van der Waals surface area (Å²) in [5.41, 5.74) is 14.8. The Kier molecular flexibility index (Phi) is 6.31. The van der Waals surface area contributed by atoms with Crippen molar-refractivity contribution in [2.24, 2.45) is 5.73 Å². The van der Waals surface area contributed by atoms with Crippen molar-refractivity contribution in [3.8, 4) is 0 Å². The van der Waals surface area contributed by atoms with Crippen LogP contribution in [0.2, 0.25) is 0 Å². The lowest BCUT2D eigenvalue weighted by Crippen LogP contribution is -2.55. The molecule has 2 amide bonds. The van der Waals surface area contributed by atoms with Crippen LogP contribution in [0.25, 0.3) is 0 Å². The summed E-state index contributed by atoms with van der Waals surface area (Å²) in [4.78, 5) is 26.7. The van der Waals surface area contributed by atoms with Gasteiger partial charge in [0.2, 0.25) is 0 Å². The highest BCUT2D eigenvalue weighted by Gasteiger charge is 2.25. The number of benzene rings is 2. The maximum absolute atomic E-state index is 11.4. The molecular formula is C21H27N5O4. The summed E-state index contributed by atoms with van der Waals surface area (Å²) < 4.78 is 0.